The Hall–Kier alpha value is -3.68. The summed E-state index contributed by atoms with van der Waals surface area (Å²) in [6.45, 7) is 0.503. The van der Waals surface area contributed by atoms with E-state index in [-0.39, 0.29) is 17.7 Å². The number of hydrogen-bond donors (Lipinski definition) is 2. The molecule has 2 amide bonds. The molecule has 1 aliphatic rings. The lowest BCUT2D eigenvalue weighted by molar-refractivity contribution is -0.149. The molecular formula is C22H22N2O6. The number of Topliss-reactive ketones (excluding diaryl/α,β-unsaturated/α-hetero) is 1. The van der Waals surface area contributed by atoms with E-state index in [1.54, 1.807) is 42.5 Å². The Bertz CT molecular complexity index is 968. The van der Waals surface area contributed by atoms with Crippen molar-refractivity contribution in [3.63, 3.8) is 0 Å². The SMILES string of the molecule is CC(=O)c1cccc(OCC(=O)OCC(=O)Nc2ccccc2C(=O)NC2CC2)c1. The maximum atomic E-state index is 12.3. The molecule has 0 saturated heterocycles. The molecule has 8 heteroatoms. The summed E-state index contributed by atoms with van der Waals surface area (Å²) < 4.78 is 10.2. The summed E-state index contributed by atoms with van der Waals surface area (Å²) in [5, 5.41) is 5.44. The minimum absolute atomic E-state index is 0.120. The molecule has 0 heterocycles. The average molecular weight is 410 g/mol. The average Bonchev–Trinajstić information content (AvgIpc) is 3.55. The highest BCUT2D eigenvalue weighted by atomic mass is 16.6. The van der Waals surface area contributed by atoms with E-state index < -0.39 is 25.1 Å². The Morgan fingerprint density at radius 3 is 2.50 bits per heavy atom. The molecule has 0 unspecified atom stereocenters. The molecule has 2 aromatic rings. The first-order valence-electron chi connectivity index (χ1n) is 9.51. The third kappa shape index (κ3) is 6.16. The van der Waals surface area contributed by atoms with Crippen LogP contribution in [0.2, 0.25) is 0 Å². The lowest BCUT2D eigenvalue weighted by Gasteiger charge is -2.11. The monoisotopic (exact) mass is 410 g/mol. The van der Waals surface area contributed by atoms with Gasteiger partial charge in [-0.1, -0.05) is 24.3 Å². The molecule has 1 saturated carbocycles. The Kier molecular flexibility index (Phi) is 6.79. The normalized spacial score (nSPS) is 12.6. The molecular weight excluding hydrogens is 388 g/mol. The molecule has 3 rings (SSSR count). The van der Waals surface area contributed by atoms with Crippen LogP contribution in [0.3, 0.4) is 0 Å². The molecule has 0 aliphatic heterocycles. The predicted octanol–water partition coefficient (Wildman–Crippen LogP) is 2.34. The van der Waals surface area contributed by atoms with Gasteiger partial charge in [0.2, 0.25) is 0 Å². The number of nitrogens with one attached hydrogen (secondary N) is 2. The molecule has 0 atom stereocenters. The molecule has 8 nitrogen and oxygen atoms in total. The fourth-order valence-electron chi connectivity index (χ4n) is 2.60. The highest BCUT2D eigenvalue weighted by molar-refractivity contribution is 6.04. The number of anilines is 1. The first kappa shape index (κ1) is 21.0. The van der Waals surface area contributed by atoms with Crippen molar-refractivity contribution in [2.24, 2.45) is 0 Å². The maximum absolute atomic E-state index is 12.3. The number of esters is 1. The number of para-hydroxylation sites is 1. The van der Waals surface area contributed by atoms with E-state index in [1.807, 2.05) is 0 Å². The van der Waals surface area contributed by atoms with Crippen molar-refractivity contribution in [2.75, 3.05) is 18.5 Å². The first-order valence-corrected chi connectivity index (χ1v) is 9.51. The molecule has 0 aromatic heterocycles. The summed E-state index contributed by atoms with van der Waals surface area (Å²) in [5.41, 5.74) is 1.15. The molecule has 0 spiro atoms. The Balaban J connectivity index is 1.46. The van der Waals surface area contributed by atoms with E-state index >= 15 is 0 Å². The van der Waals surface area contributed by atoms with Crippen LogP contribution in [0.4, 0.5) is 5.69 Å². The van der Waals surface area contributed by atoms with Gasteiger partial charge in [-0.2, -0.15) is 0 Å². The van der Waals surface area contributed by atoms with Crippen LogP contribution < -0.4 is 15.4 Å². The van der Waals surface area contributed by atoms with Gasteiger partial charge in [-0.15, -0.1) is 0 Å². The number of benzene rings is 2. The van der Waals surface area contributed by atoms with Gasteiger partial charge in [-0.05, 0) is 44.0 Å². The number of ether oxygens (including phenoxy) is 2. The number of rotatable bonds is 9. The Morgan fingerprint density at radius 2 is 1.77 bits per heavy atom. The van der Waals surface area contributed by atoms with E-state index in [4.69, 9.17) is 9.47 Å². The number of amides is 2. The molecule has 30 heavy (non-hydrogen) atoms. The van der Waals surface area contributed by atoms with E-state index in [9.17, 15) is 19.2 Å². The topological polar surface area (TPSA) is 111 Å². The van der Waals surface area contributed by atoms with Gasteiger partial charge in [-0.3, -0.25) is 14.4 Å². The van der Waals surface area contributed by atoms with Crippen molar-refractivity contribution in [3.05, 3.63) is 59.7 Å². The van der Waals surface area contributed by atoms with Crippen molar-refractivity contribution < 1.29 is 28.7 Å². The van der Waals surface area contributed by atoms with Crippen LogP contribution in [0.5, 0.6) is 5.75 Å². The maximum Gasteiger partial charge on any atom is 0.344 e. The van der Waals surface area contributed by atoms with Crippen LogP contribution in [0.25, 0.3) is 0 Å². The van der Waals surface area contributed by atoms with Gasteiger partial charge in [0.25, 0.3) is 11.8 Å². The van der Waals surface area contributed by atoms with Gasteiger partial charge in [0.05, 0.1) is 11.3 Å². The quantitative estimate of drug-likeness (QED) is 0.485. The number of carbonyl (C=O) groups is 4. The summed E-state index contributed by atoms with van der Waals surface area (Å²) in [7, 11) is 0. The van der Waals surface area contributed by atoms with Gasteiger partial charge < -0.3 is 20.1 Å². The van der Waals surface area contributed by atoms with Gasteiger partial charge in [0, 0.05) is 11.6 Å². The highest BCUT2D eigenvalue weighted by Crippen LogP contribution is 2.21. The molecule has 2 aromatic carbocycles. The summed E-state index contributed by atoms with van der Waals surface area (Å²) >= 11 is 0. The van der Waals surface area contributed by atoms with Crippen LogP contribution in [0, 0.1) is 0 Å². The van der Waals surface area contributed by atoms with Crippen LogP contribution >= 0.6 is 0 Å². The minimum Gasteiger partial charge on any atom is -0.482 e. The predicted molar refractivity (Wildman–Crippen MR) is 108 cm³/mol. The van der Waals surface area contributed by atoms with E-state index in [2.05, 4.69) is 10.6 Å². The summed E-state index contributed by atoms with van der Waals surface area (Å²) in [4.78, 5) is 47.6. The molecule has 1 aliphatic carbocycles. The fraction of sp³-hybridized carbons (Fsp3) is 0.273. The summed E-state index contributed by atoms with van der Waals surface area (Å²) in [5.74, 6) is -1.34. The number of hydrogen-bond acceptors (Lipinski definition) is 6. The van der Waals surface area contributed by atoms with Gasteiger partial charge in [0.15, 0.2) is 19.0 Å². The molecule has 0 bridgehead atoms. The van der Waals surface area contributed by atoms with Crippen LogP contribution in [-0.4, -0.2) is 42.8 Å². The van der Waals surface area contributed by atoms with Gasteiger partial charge in [-0.25, -0.2) is 4.79 Å². The zero-order chi connectivity index (χ0) is 21.5. The van der Waals surface area contributed by atoms with E-state index in [1.165, 1.54) is 13.0 Å². The van der Waals surface area contributed by atoms with Crippen LogP contribution in [-0.2, 0) is 14.3 Å². The van der Waals surface area contributed by atoms with E-state index in [0.29, 0.717) is 22.6 Å². The lowest BCUT2D eigenvalue weighted by Crippen LogP contribution is -2.28. The smallest absolute Gasteiger partial charge is 0.344 e. The third-order valence-corrected chi connectivity index (χ3v) is 4.32. The van der Waals surface area contributed by atoms with Crippen molar-refractivity contribution >= 4 is 29.3 Å². The largest absolute Gasteiger partial charge is 0.482 e. The van der Waals surface area contributed by atoms with Crippen LogP contribution in [0.15, 0.2) is 48.5 Å². The van der Waals surface area contributed by atoms with E-state index in [0.717, 1.165) is 12.8 Å². The second kappa shape index (κ2) is 9.69. The van der Waals surface area contributed by atoms with Crippen molar-refractivity contribution in [2.45, 2.75) is 25.8 Å². The molecule has 156 valence electrons. The van der Waals surface area contributed by atoms with Crippen molar-refractivity contribution in [3.8, 4) is 5.75 Å². The molecule has 1 fully saturated rings. The number of carbonyl (C=O) groups excluding carboxylic acids is 4. The first-order chi connectivity index (χ1) is 14.4. The zero-order valence-electron chi connectivity index (χ0n) is 16.5. The highest BCUT2D eigenvalue weighted by Gasteiger charge is 2.25. The van der Waals surface area contributed by atoms with Crippen molar-refractivity contribution in [1.82, 2.24) is 5.32 Å². The summed E-state index contributed by atoms with van der Waals surface area (Å²) in [6.07, 6.45) is 1.91. The van der Waals surface area contributed by atoms with Gasteiger partial charge in [0.1, 0.15) is 5.75 Å². The second-order valence-electron chi connectivity index (χ2n) is 6.87. The number of ketones is 1. The second-order valence-corrected chi connectivity index (χ2v) is 6.87. The van der Waals surface area contributed by atoms with Crippen LogP contribution in [0.1, 0.15) is 40.5 Å². The zero-order valence-corrected chi connectivity index (χ0v) is 16.5. The lowest BCUT2D eigenvalue weighted by atomic mass is 10.1. The van der Waals surface area contributed by atoms with Crippen molar-refractivity contribution in [1.29, 1.82) is 0 Å². The van der Waals surface area contributed by atoms with Gasteiger partial charge >= 0.3 is 5.97 Å². The molecule has 0 radical (unpaired) electrons. The Morgan fingerprint density at radius 1 is 1.00 bits per heavy atom. The molecule has 2 N–H and O–H groups in total. The fourth-order valence-corrected chi connectivity index (χ4v) is 2.60. The Labute approximate surface area is 173 Å². The third-order valence-electron chi connectivity index (χ3n) is 4.32. The standard InChI is InChI=1S/C22H22N2O6/c1-14(25)15-5-4-6-17(11-15)29-13-21(27)30-12-20(26)24-19-8-3-2-7-18(19)22(28)23-16-9-10-16/h2-8,11,16H,9-10,12-13H2,1H3,(H,23,28)(H,24,26). The summed E-state index contributed by atoms with van der Waals surface area (Å²) in [6, 6.07) is 13.2. The minimum atomic E-state index is -0.738.